The van der Waals surface area contributed by atoms with E-state index in [9.17, 15) is 32.7 Å². The van der Waals surface area contributed by atoms with Crippen LogP contribution < -0.4 is 26.7 Å². The van der Waals surface area contributed by atoms with Crippen LogP contribution >= 0.6 is 11.3 Å². The third kappa shape index (κ3) is 8.69. The second kappa shape index (κ2) is 18.3. The smallest absolute Gasteiger partial charge is 0.260 e. The van der Waals surface area contributed by atoms with Crippen molar-refractivity contribution >= 4 is 56.0 Å². The Morgan fingerprint density at radius 1 is 1.11 bits per heavy atom. The molecule has 19 nitrogen and oxygen atoms in total. The lowest BCUT2D eigenvalue weighted by atomic mass is 9.88. The number of aliphatic hydroxyl groups is 1. The van der Waals surface area contributed by atoms with Crippen LogP contribution in [0.1, 0.15) is 74.1 Å². The van der Waals surface area contributed by atoms with Crippen molar-refractivity contribution in [3.63, 3.8) is 0 Å². The maximum atomic E-state index is 14.5. The predicted molar refractivity (Wildman–Crippen MR) is 267 cm³/mol. The Bertz CT molecular complexity index is 3150. The normalized spacial score (nSPS) is 24.7. The molecular formula is C50H58N10O9S2. The maximum absolute atomic E-state index is 14.5. The Morgan fingerprint density at radius 2 is 1.89 bits per heavy atom. The lowest BCUT2D eigenvalue weighted by Crippen LogP contribution is -2.48. The number of nitrogens with zero attached hydrogens (tertiary/aromatic N) is 7. The van der Waals surface area contributed by atoms with Crippen LogP contribution in [-0.4, -0.2) is 142 Å². The highest BCUT2D eigenvalue weighted by atomic mass is 32.2. The summed E-state index contributed by atoms with van der Waals surface area (Å²) in [5.41, 5.74) is 12.0. The van der Waals surface area contributed by atoms with E-state index in [1.54, 1.807) is 60.2 Å². The molecule has 6 atom stereocenters. The summed E-state index contributed by atoms with van der Waals surface area (Å²) in [4.78, 5) is 72.0. The van der Waals surface area contributed by atoms with Crippen LogP contribution in [-0.2, 0) is 36.8 Å². The first-order valence-corrected chi connectivity index (χ1v) is 26.9. The minimum Gasteiger partial charge on any atom is -0.474 e. The third-order valence-corrected chi connectivity index (χ3v) is 16.6. The second-order valence-corrected chi connectivity index (χ2v) is 23.0. The van der Waals surface area contributed by atoms with Crippen molar-refractivity contribution in [1.29, 1.82) is 0 Å². The van der Waals surface area contributed by atoms with Crippen molar-refractivity contribution in [3.8, 4) is 16.3 Å². The van der Waals surface area contributed by atoms with E-state index in [0.717, 1.165) is 40.9 Å². The standard InChI is InChI=1S/C50H58N10O9S2/c1-26(2)39(48(64)60-23-31(61)19-36(60)46-54-49(65)50(4,55-46)29-9-7-28(8-10-29)44-27(3)53-25-70-44)37-20-38(56-69-37)68-18-17-58-15-11-30(22-58)59-16-13-35-41-33(21-52-35)40(45(51)62)34(24-71(6,66)67)32-12-14-57(5)47(63)42(32)43(41)59/h7-10,12,14,20-21,25-26,30-31,35-36,39,52,61H,11,13,15-19,22-24H2,1-6H3,(H2,51,62)(H,54,55,65)/t30-,31+,35?,36-,39-,50+/m0/s1. The van der Waals surface area contributed by atoms with Gasteiger partial charge in [0.2, 0.25) is 11.8 Å². The number of thiazole rings is 1. The molecule has 1 aliphatic carbocycles. The average molecular weight is 1010 g/mol. The van der Waals surface area contributed by atoms with Gasteiger partial charge in [-0.25, -0.2) is 18.4 Å². The first-order chi connectivity index (χ1) is 33.8. The van der Waals surface area contributed by atoms with Gasteiger partial charge in [-0.1, -0.05) is 38.1 Å². The number of sulfone groups is 1. The molecule has 6 aliphatic rings. The number of amidine groups is 1. The molecule has 2 fully saturated rings. The zero-order valence-electron chi connectivity index (χ0n) is 40.5. The Hall–Kier alpha value is -6.42. The van der Waals surface area contributed by atoms with Gasteiger partial charge in [0.05, 0.1) is 56.9 Å². The largest absolute Gasteiger partial charge is 0.474 e. The molecule has 1 unspecified atom stereocenters. The fourth-order valence-corrected chi connectivity index (χ4v) is 12.9. The molecule has 5 aliphatic heterocycles. The molecule has 1 aromatic carbocycles. The molecule has 0 spiro atoms. The summed E-state index contributed by atoms with van der Waals surface area (Å²) in [6.45, 7) is 10.4. The highest BCUT2D eigenvalue weighted by molar-refractivity contribution is 7.91. The molecular weight excluding hydrogens is 949 g/mol. The number of nitrogens with one attached hydrogen (secondary N) is 2. The summed E-state index contributed by atoms with van der Waals surface area (Å²) >= 11 is 1.55. The van der Waals surface area contributed by atoms with Crippen LogP contribution in [0.4, 0.5) is 0 Å². The van der Waals surface area contributed by atoms with Gasteiger partial charge in [-0.15, -0.1) is 11.3 Å². The number of hydrogen-bond acceptors (Lipinski definition) is 16. The number of amides is 3. The van der Waals surface area contributed by atoms with Gasteiger partial charge in [0.15, 0.2) is 21.1 Å². The Morgan fingerprint density at radius 3 is 2.59 bits per heavy atom. The van der Waals surface area contributed by atoms with Crippen molar-refractivity contribution in [3.05, 3.63) is 110 Å². The number of rotatable bonds is 14. The zero-order valence-corrected chi connectivity index (χ0v) is 42.1. The van der Waals surface area contributed by atoms with Crippen LogP contribution in [0.3, 0.4) is 0 Å². The molecule has 0 bridgehead atoms. The molecule has 5 N–H and O–H groups in total. The summed E-state index contributed by atoms with van der Waals surface area (Å²) in [5.74, 6) is -1.96. The van der Waals surface area contributed by atoms with Crippen LogP contribution in [0.2, 0.25) is 0 Å². The summed E-state index contributed by atoms with van der Waals surface area (Å²) in [7, 11) is -2.00. The van der Waals surface area contributed by atoms with Crippen molar-refractivity contribution in [2.75, 3.05) is 51.3 Å². The number of carbonyl (C=O) groups excluding carboxylic acids is 3. The number of primary amides is 1. The molecule has 8 heterocycles. The lowest BCUT2D eigenvalue weighted by Gasteiger charge is -2.40. The van der Waals surface area contributed by atoms with Gasteiger partial charge in [0, 0.05) is 88.1 Å². The highest BCUT2D eigenvalue weighted by Gasteiger charge is 2.49. The molecule has 4 aromatic rings. The van der Waals surface area contributed by atoms with Crippen LogP contribution in [0.5, 0.6) is 5.88 Å². The molecule has 71 heavy (non-hydrogen) atoms. The fraction of sp³-hybridized carbons (Fsp3) is 0.460. The topological polar surface area (TPSA) is 248 Å². The Kier molecular flexibility index (Phi) is 12.4. The van der Waals surface area contributed by atoms with E-state index < -0.39 is 45.1 Å². The van der Waals surface area contributed by atoms with Crippen molar-refractivity contribution in [1.82, 2.24) is 40.0 Å². The maximum Gasteiger partial charge on any atom is 0.260 e. The first kappa shape index (κ1) is 48.2. The van der Waals surface area contributed by atoms with E-state index in [4.69, 9.17) is 20.0 Å². The Balaban J connectivity index is 0.816. The summed E-state index contributed by atoms with van der Waals surface area (Å²) in [6.07, 6.45) is 5.26. The molecule has 0 saturated carbocycles. The number of nitrogens with two attached hydrogens (primary N) is 1. The van der Waals surface area contributed by atoms with Crippen LogP contribution in [0.25, 0.3) is 21.7 Å². The summed E-state index contributed by atoms with van der Waals surface area (Å²) in [5, 5.41) is 21.5. The van der Waals surface area contributed by atoms with Gasteiger partial charge in [-0.05, 0) is 66.1 Å². The second-order valence-electron chi connectivity index (χ2n) is 20.0. The van der Waals surface area contributed by atoms with E-state index >= 15 is 0 Å². The van der Waals surface area contributed by atoms with Crippen LogP contribution in [0.15, 0.2) is 85.3 Å². The molecule has 10 rings (SSSR count). The minimum atomic E-state index is -3.65. The molecule has 3 amide bonds. The molecule has 2 saturated heterocycles. The number of aliphatic hydroxyl groups excluding tert-OH is 1. The number of carbonyl (C=O) groups is 3. The summed E-state index contributed by atoms with van der Waals surface area (Å²) in [6, 6.07) is 10.2. The predicted octanol–water partition coefficient (Wildman–Crippen LogP) is 2.67. The van der Waals surface area contributed by atoms with Crippen molar-refractivity contribution < 1.29 is 37.2 Å². The van der Waals surface area contributed by atoms with Crippen molar-refractivity contribution in [2.45, 2.75) is 82.6 Å². The average Bonchev–Trinajstić information content (AvgIpc) is 4.19. The zero-order chi connectivity index (χ0) is 50.3. The number of pyridine rings is 1. The minimum absolute atomic E-state index is 0.0151. The molecule has 374 valence electrons. The number of β-amino-alcohol motifs (C(OH)–C–C–N with tert-alkyl or cyclic N) is 1. The fourth-order valence-electron chi connectivity index (χ4n) is 11.2. The molecule has 0 radical (unpaired) electrons. The number of aliphatic imine (C=N–C) groups is 1. The first-order valence-electron chi connectivity index (χ1n) is 23.9. The van der Waals surface area contributed by atoms with Crippen molar-refractivity contribution in [2.24, 2.45) is 23.7 Å². The number of fused-ring (bicyclic) bond motifs is 2. The third-order valence-electron chi connectivity index (χ3n) is 14.8. The number of aromatic nitrogens is 3. The SMILES string of the molecule is Cc1ncsc1-c1ccc([C@@]2(C)N=C([C@@H]3C[C@@H](O)CN3C(=O)[C@H](c3cc(OCCN4CC[C@H](N5CCC6NC=C7C(C(N)=O)=C(CS(C)(=O)=O)c8ccn(C)c(=O)c8C5=C76)C4)no3)C(C)C)NC2=O)cc1. The highest BCUT2D eigenvalue weighted by Crippen LogP contribution is 2.47. The monoisotopic (exact) mass is 1010 g/mol. The number of hydrogen-bond donors (Lipinski definition) is 4. The number of benzene rings is 1. The van der Waals surface area contributed by atoms with E-state index in [1.807, 2.05) is 45.0 Å². The molecule has 21 heteroatoms. The van der Waals surface area contributed by atoms with E-state index in [1.165, 1.54) is 4.57 Å². The van der Waals surface area contributed by atoms with Gasteiger partial charge in [-0.2, -0.15) is 0 Å². The van der Waals surface area contributed by atoms with Gasteiger partial charge in [0.25, 0.3) is 17.3 Å². The number of likely N-dealkylation sites (tertiary alicyclic amines) is 2. The van der Waals surface area contributed by atoms with Crippen LogP contribution in [0, 0.1) is 12.8 Å². The van der Waals surface area contributed by atoms with E-state index in [2.05, 4.69) is 30.6 Å². The van der Waals surface area contributed by atoms with Gasteiger partial charge >= 0.3 is 0 Å². The quantitative estimate of drug-likeness (QED) is 0.142. The number of aryl methyl sites for hydroxylation is 2. The Labute approximate surface area is 415 Å². The van der Waals surface area contributed by atoms with Gasteiger partial charge in [0.1, 0.15) is 18.4 Å². The summed E-state index contributed by atoms with van der Waals surface area (Å²) < 4.78 is 39.1. The van der Waals surface area contributed by atoms with E-state index in [0.29, 0.717) is 65.6 Å². The number of ether oxygens (including phenoxy) is 1. The van der Waals surface area contributed by atoms with E-state index in [-0.39, 0.29) is 72.0 Å². The molecule has 3 aromatic heterocycles. The van der Waals surface area contributed by atoms with Gasteiger partial charge < -0.3 is 45.1 Å². The van der Waals surface area contributed by atoms with Gasteiger partial charge in [-0.3, -0.25) is 24.1 Å². The lowest BCUT2D eigenvalue weighted by molar-refractivity contribution is -0.134.